The Balaban J connectivity index is 1.51. The van der Waals surface area contributed by atoms with Gasteiger partial charge in [0, 0.05) is 12.4 Å². The molecule has 3 heterocycles. The lowest BCUT2D eigenvalue weighted by molar-refractivity contribution is 0.129. The van der Waals surface area contributed by atoms with Gasteiger partial charge in [0.1, 0.15) is 23.9 Å². The molecule has 3 aromatic rings. The van der Waals surface area contributed by atoms with Gasteiger partial charge in [-0.2, -0.15) is 0 Å². The number of hydrogen-bond donors (Lipinski definition) is 1. The summed E-state index contributed by atoms with van der Waals surface area (Å²) in [6.45, 7) is 2.47. The molecule has 1 aliphatic rings. The molecule has 144 valence electrons. The zero-order valence-corrected chi connectivity index (χ0v) is 14.8. The smallest absolute Gasteiger partial charge is 0.414 e. The van der Waals surface area contributed by atoms with Gasteiger partial charge in [-0.05, 0) is 25.1 Å². The van der Waals surface area contributed by atoms with E-state index in [4.69, 9.17) is 9.94 Å². The molecule has 0 spiro atoms. The van der Waals surface area contributed by atoms with Crippen LogP contribution in [0.15, 0.2) is 42.1 Å². The number of benzene rings is 1. The van der Waals surface area contributed by atoms with Gasteiger partial charge in [-0.25, -0.2) is 18.9 Å². The molecular weight excluding hydrogens is 369 g/mol. The summed E-state index contributed by atoms with van der Waals surface area (Å²) in [5.41, 5.74) is 1.78. The standard InChI is InChI=1S/C17H16FN7O3/c1-11-6-24(22-21-11)8-14-9-25(17(26)28-14)13-2-3-16(15(18)4-13)23-7-12(5-20-27)19-10-23/h2-7,10,14,27H,8-9H2,1H3/b20-5+/t14-/m0/s1. The molecule has 1 N–H and O–H groups in total. The fraction of sp³-hybridized carbons (Fsp3) is 0.235. The van der Waals surface area contributed by atoms with Crippen molar-refractivity contribution in [1.29, 1.82) is 0 Å². The van der Waals surface area contributed by atoms with Crippen LogP contribution in [-0.4, -0.2) is 54.7 Å². The topological polar surface area (TPSA) is 111 Å². The second kappa shape index (κ2) is 7.10. The van der Waals surface area contributed by atoms with Crippen LogP contribution < -0.4 is 4.90 Å². The van der Waals surface area contributed by atoms with E-state index in [2.05, 4.69) is 20.5 Å². The number of rotatable bonds is 5. The Kier molecular flexibility index (Phi) is 4.47. The zero-order valence-electron chi connectivity index (χ0n) is 14.8. The average Bonchev–Trinajstić information content (AvgIpc) is 3.37. The van der Waals surface area contributed by atoms with Crippen molar-refractivity contribution in [3.63, 3.8) is 0 Å². The number of aromatic nitrogens is 5. The number of oxime groups is 1. The van der Waals surface area contributed by atoms with E-state index in [1.807, 2.05) is 6.92 Å². The van der Waals surface area contributed by atoms with Crippen LogP contribution in [0.3, 0.4) is 0 Å². The Hall–Kier alpha value is -3.76. The molecule has 0 saturated carbocycles. The van der Waals surface area contributed by atoms with Crippen molar-refractivity contribution in [3.05, 3.63) is 54.1 Å². The lowest BCUT2D eigenvalue weighted by Crippen LogP contribution is -2.26. The number of anilines is 1. The van der Waals surface area contributed by atoms with Crippen molar-refractivity contribution in [2.45, 2.75) is 19.6 Å². The quantitative estimate of drug-likeness (QED) is 0.407. The van der Waals surface area contributed by atoms with Crippen LogP contribution in [0, 0.1) is 12.7 Å². The number of halogens is 1. The van der Waals surface area contributed by atoms with Crippen molar-refractivity contribution in [1.82, 2.24) is 24.5 Å². The number of ether oxygens (including phenoxy) is 1. The summed E-state index contributed by atoms with van der Waals surface area (Å²) in [5, 5.41) is 19.3. The van der Waals surface area contributed by atoms with E-state index >= 15 is 0 Å². The molecule has 1 saturated heterocycles. The highest BCUT2D eigenvalue weighted by Gasteiger charge is 2.33. The summed E-state index contributed by atoms with van der Waals surface area (Å²) >= 11 is 0. The maximum atomic E-state index is 14.6. The van der Waals surface area contributed by atoms with Crippen LogP contribution in [0.4, 0.5) is 14.9 Å². The molecule has 1 fully saturated rings. The molecular formula is C17H16FN7O3. The largest absolute Gasteiger partial charge is 0.442 e. The molecule has 10 nitrogen and oxygen atoms in total. The Bertz CT molecular complexity index is 1050. The molecule has 1 atom stereocenters. The zero-order chi connectivity index (χ0) is 19.7. The van der Waals surface area contributed by atoms with Crippen LogP contribution in [0.25, 0.3) is 5.69 Å². The first-order chi connectivity index (χ1) is 13.5. The molecule has 11 heteroatoms. The highest BCUT2D eigenvalue weighted by molar-refractivity contribution is 5.89. The van der Waals surface area contributed by atoms with Crippen molar-refractivity contribution >= 4 is 18.0 Å². The first-order valence-electron chi connectivity index (χ1n) is 8.39. The number of cyclic esters (lactones) is 1. The second-order valence-corrected chi connectivity index (χ2v) is 6.28. The van der Waals surface area contributed by atoms with Gasteiger partial charge in [-0.1, -0.05) is 10.4 Å². The number of imidazole rings is 1. The van der Waals surface area contributed by atoms with Crippen molar-refractivity contribution < 1.29 is 19.1 Å². The average molecular weight is 385 g/mol. The molecule has 1 aromatic carbocycles. The third-order valence-corrected chi connectivity index (χ3v) is 4.23. The van der Waals surface area contributed by atoms with Crippen LogP contribution in [-0.2, 0) is 11.3 Å². The molecule has 2 aromatic heterocycles. The van der Waals surface area contributed by atoms with E-state index in [1.54, 1.807) is 16.9 Å². The van der Waals surface area contributed by atoms with Crippen molar-refractivity contribution in [2.24, 2.45) is 5.16 Å². The van der Waals surface area contributed by atoms with E-state index in [0.29, 0.717) is 17.9 Å². The molecule has 28 heavy (non-hydrogen) atoms. The number of aryl methyl sites for hydroxylation is 1. The number of amides is 1. The van der Waals surface area contributed by atoms with Gasteiger partial charge in [0.2, 0.25) is 0 Å². The summed E-state index contributed by atoms with van der Waals surface area (Å²) in [4.78, 5) is 17.6. The Morgan fingerprint density at radius 1 is 1.43 bits per heavy atom. The Morgan fingerprint density at radius 2 is 2.29 bits per heavy atom. The van der Waals surface area contributed by atoms with Gasteiger partial charge in [-0.15, -0.1) is 5.10 Å². The maximum absolute atomic E-state index is 14.6. The Labute approximate surface area is 158 Å². The first-order valence-corrected chi connectivity index (χ1v) is 8.39. The van der Waals surface area contributed by atoms with E-state index in [1.165, 1.54) is 34.1 Å². The SMILES string of the molecule is Cc1cn(C[C@H]2CN(c3ccc(-n4cnc(/C=N/O)c4)c(F)c3)C(=O)O2)nn1. The monoisotopic (exact) mass is 385 g/mol. The minimum Gasteiger partial charge on any atom is -0.442 e. The fourth-order valence-electron chi connectivity index (χ4n) is 2.99. The van der Waals surface area contributed by atoms with Gasteiger partial charge in [0.05, 0.1) is 36.4 Å². The van der Waals surface area contributed by atoms with Crippen molar-refractivity contribution in [2.75, 3.05) is 11.4 Å². The number of hydrogen-bond acceptors (Lipinski definition) is 7. The third-order valence-electron chi connectivity index (χ3n) is 4.23. The second-order valence-electron chi connectivity index (χ2n) is 6.28. The van der Waals surface area contributed by atoms with Gasteiger partial charge >= 0.3 is 6.09 Å². The number of carbonyl (C=O) groups excluding carboxylic acids is 1. The molecule has 0 aliphatic carbocycles. The minimum atomic E-state index is -0.543. The first kappa shape index (κ1) is 17.6. The van der Waals surface area contributed by atoms with Gasteiger partial charge in [-0.3, -0.25) is 4.90 Å². The van der Waals surface area contributed by atoms with Gasteiger partial charge in [0.25, 0.3) is 0 Å². The summed E-state index contributed by atoms with van der Waals surface area (Å²) in [5.74, 6) is -0.537. The summed E-state index contributed by atoms with van der Waals surface area (Å²) in [6.07, 6.45) is 4.85. The number of nitrogens with zero attached hydrogens (tertiary/aromatic N) is 7. The predicted octanol–water partition coefficient (Wildman–Crippen LogP) is 1.74. The summed E-state index contributed by atoms with van der Waals surface area (Å²) in [7, 11) is 0. The van der Waals surface area contributed by atoms with Crippen LogP contribution in [0.1, 0.15) is 11.4 Å². The van der Waals surface area contributed by atoms with Crippen LogP contribution in [0.5, 0.6) is 0 Å². The van der Waals surface area contributed by atoms with Gasteiger partial charge < -0.3 is 14.5 Å². The minimum absolute atomic E-state index is 0.246. The normalized spacial score (nSPS) is 16.9. The molecule has 1 amide bonds. The Morgan fingerprint density at radius 3 is 3.00 bits per heavy atom. The molecule has 0 bridgehead atoms. The predicted molar refractivity (Wildman–Crippen MR) is 95.3 cm³/mol. The van der Waals surface area contributed by atoms with Crippen LogP contribution >= 0.6 is 0 Å². The lowest BCUT2D eigenvalue weighted by atomic mass is 10.2. The molecule has 4 rings (SSSR count). The third kappa shape index (κ3) is 3.41. The van der Waals surface area contributed by atoms with Gasteiger partial charge in [0.15, 0.2) is 0 Å². The lowest BCUT2D eigenvalue weighted by Gasteiger charge is -2.14. The fourth-order valence-corrected chi connectivity index (χ4v) is 2.99. The van der Waals surface area contributed by atoms with Crippen LogP contribution in [0.2, 0.25) is 0 Å². The van der Waals surface area contributed by atoms with E-state index in [9.17, 15) is 9.18 Å². The highest BCUT2D eigenvalue weighted by atomic mass is 19.1. The summed E-state index contributed by atoms with van der Waals surface area (Å²) < 4.78 is 23.0. The van der Waals surface area contributed by atoms with E-state index in [0.717, 1.165) is 11.9 Å². The molecule has 1 aliphatic heterocycles. The van der Waals surface area contributed by atoms with E-state index in [-0.39, 0.29) is 12.2 Å². The van der Waals surface area contributed by atoms with E-state index < -0.39 is 18.0 Å². The van der Waals surface area contributed by atoms with Crippen molar-refractivity contribution in [3.8, 4) is 5.69 Å². The maximum Gasteiger partial charge on any atom is 0.414 e. The molecule has 0 unspecified atom stereocenters. The molecule has 0 radical (unpaired) electrons. The number of carbonyl (C=O) groups is 1. The summed E-state index contributed by atoms with van der Waals surface area (Å²) in [6, 6.07) is 4.42. The highest BCUT2D eigenvalue weighted by Crippen LogP contribution is 2.26.